The Labute approximate surface area is 418 Å². The fourth-order valence-corrected chi connectivity index (χ4v) is 9.98. The number of unbranched alkanes of at least 4 members (excludes halogenated alkanes) is 16. The fourth-order valence-electron chi connectivity index (χ4n) is 9.98. The van der Waals surface area contributed by atoms with Crippen LogP contribution in [0.4, 0.5) is 0 Å². The quantitative estimate of drug-likeness (QED) is 0.0347. The van der Waals surface area contributed by atoms with E-state index in [0.29, 0.717) is 12.8 Å². The van der Waals surface area contributed by atoms with Crippen LogP contribution in [-0.2, 0) is 37.9 Å². The van der Waals surface area contributed by atoms with Gasteiger partial charge in [0.2, 0.25) is 0 Å². The topological polar surface area (TPSA) is 357 Å². The molecule has 4 aliphatic heterocycles. The van der Waals surface area contributed by atoms with Gasteiger partial charge in [0.05, 0.1) is 39.6 Å². The number of hydrogen-bond acceptors (Lipinski definition) is 22. The molecule has 4 rings (SSSR count). The molecule has 0 spiro atoms. The van der Waals surface area contributed by atoms with Crippen molar-refractivity contribution in [1.82, 2.24) is 0 Å². The van der Waals surface area contributed by atoms with Gasteiger partial charge in [-0.05, 0) is 12.8 Å². The molecule has 71 heavy (non-hydrogen) atoms. The average molecular weight is 1030 g/mol. The van der Waals surface area contributed by atoms with E-state index in [0.717, 1.165) is 89.9 Å². The van der Waals surface area contributed by atoms with Gasteiger partial charge in [-0.1, -0.05) is 129 Å². The van der Waals surface area contributed by atoms with E-state index in [1.807, 2.05) is 0 Å². The monoisotopic (exact) mass is 1030 g/mol. The third-order valence-corrected chi connectivity index (χ3v) is 14.6. The standard InChI is InChI=1S/C49H92O22/c1-3-5-7-9-11-13-15-17-19-21-49(22-20-18-16-14-12-10-8-6-4-2,27-64-45-41(62)37(58)43(31(25-52)68-45)70-47-39(60)35(56)33(54)29(23-50)66-47)28-65-46-42(63)38(59)44(32(26-53)69-46)71-48-40(61)36(57)34(55)30(24-51)67-48/h29-48,50-63H,3-28H2,1-2H3/t29?,30?,31?,32?,33-,34-,35?,36?,37?,38?,39+,40+,41+,42+,43-,44-,45-,46-,47-,48-/m0/s1. The van der Waals surface area contributed by atoms with Gasteiger partial charge in [0.1, 0.15) is 97.7 Å². The Balaban J connectivity index is 1.54. The molecule has 0 aromatic rings. The average Bonchev–Trinajstić information content (AvgIpc) is 3.37. The Morgan fingerprint density at radius 3 is 0.915 bits per heavy atom. The third-order valence-electron chi connectivity index (χ3n) is 14.6. The minimum absolute atomic E-state index is 0.135. The van der Waals surface area contributed by atoms with E-state index in [1.54, 1.807) is 0 Å². The van der Waals surface area contributed by atoms with E-state index in [9.17, 15) is 71.5 Å². The first-order valence-electron chi connectivity index (χ1n) is 26.5. The van der Waals surface area contributed by atoms with Crippen molar-refractivity contribution >= 4 is 0 Å². The molecule has 20 atom stereocenters. The summed E-state index contributed by atoms with van der Waals surface area (Å²) >= 11 is 0. The first-order valence-corrected chi connectivity index (χ1v) is 26.5. The van der Waals surface area contributed by atoms with Gasteiger partial charge in [-0.25, -0.2) is 0 Å². The van der Waals surface area contributed by atoms with Crippen LogP contribution >= 0.6 is 0 Å². The predicted octanol–water partition coefficient (Wildman–Crippen LogP) is -0.904. The molecule has 0 aliphatic carbocycles. The molecule has 4 aliphatic rings. The molecule has 4 fully saturated rings. The van der Waals surface area contributed by atoms with E-state index in [4.69, 9.17) is 37.9 Å². The second-order valence-corrected chi connectivity index (χ2v) is 20.3. The van der Waals surface area contributed by atoms with Gasteiger partial charge in [-0.3, -0.25) is 0 Å². The molecule has 4 heterocycles. The second-order valence-electron chi connectivity index (χ2n) is 20.3. The van der Waals surface area contributed by atoms with Crippen molar-refractivity contribution in [3.8, 4) is 0 Å². The van der Waals surface area contributed by atoms with Crippen LogP contribution in [0.3, 0.4) is 0 Å². The summed E-state index contributed by atoms with van der Waals surface area (Å²) in [5.41, 5.74) is -0.874. The molecule has 22 heteroatoms. The van der Waals surface area contributed by atoms with Crippen LogP contribution in [0.25, 0.3) is 0 Å². The highest BCUT2D eigenvalue weighted by Gasteiger charge is 2.53. The number of aliphatic hydroxyl groups is 14. The summed E-state index contributed by atoms with van der Waals surface area (Å²) in [5, 5.41) is 148. The van der Waals surface area contributed by atoms with Crippen molar-refractivity contribution in [3.05, 3.63) is 0 Å². The summed E-state index contributed by atoms with van der Waals surface area (Å²) in [7, 11) is 0. The molecule has 22 nitrogen and oxygen atoms in total. The zero-order valence-electron chi connectivity index (χ0n) is 42.0. The van der Waals surface area contributed by atoms with Gasteiger partial charge in [0.25, 0.3) is 0 Å². The summed E-state index contributed by atoms with van der Waals surface area (Å²) in [6.45, 7) is 1.08. The molecule has 420 valence electrons. The van der Waals surface area contributed by atoms with Gasteiger partial charge >= 0.3 is 0 Å². The lowest BCUT2D eigenvalue weighted by atomic mass is 9.79. The molecule has 4 saturated heterocycles. The number of hydrogen-bond donors (Lipinski definition) is 14. The predicted molar refractivity (Wildman–Crippen MR) is 251 cm³/mol. The molecule has 14 N–H and O–H groups in total. The Morgan fingerprint density at radius 2 is 0.606 bits per heavy atom. The normalized spacial score (nSPS) is 38.2. The molecule has 0 saturated carbocycles. The van der Waals surface area contributed by atoms with Gasteiger partial charge in [0, 0.05) is 5.41 Å². The van der Waals surface area contributed by atoms with Gasteiger partial charge in [-0.15, -0.1) is 0 Å². The summed E-state index contributed by atoms with van der Waals surface area (Å²) < 4.78 is 47.1. The van der Waals surface area contributed by atoms with E-state index < -0.39 is 155 Å². The smallest absolute Gasteiger partial charge is 0.187 e. The Morgan fingerprint density at radius 1 is 0.324 bits per heavy atom. The van der Waals surface area contributed by atoms with Gasteiger partial charge in [-0.2, -0.15) is 0 Å². The maximum absolute atomic E-state index is 11.5. The highest BCUT2D eigenvalue weighted by atomic mass is 16.8. The Kier molecular flexibility index (Phi) is 28.8. The maximum atomic E-state index is 11.5. The van der Waals surface area contributed by atoms with E-state index >= 15 is 0 Å². The molecular weight excluding hydrogens is 941 g/mol. The lowest BCUT2D eigenvalue weighted by Crippen LogP contribution is -2.65. The van der Waals surface area contributed by atoms with Crippen molar-refractivity contribution in [3.63, 3.8) is 0 Å². The molecule has 0 aromatic heterocycles. The molecular formula is C49H92O22. The highest BCUT2D eigenvalue weighted by molar-refractivity contribution is 4.96. The largest absolute Gasteiger partial charge is 0.394 e. The second kappa shape index (κ2) is 32.6. The lowest BCUT2D eigenvalue weighted by molar-refractivity contribution is -0.365. The first-order chi connectivity index (χ1) is 34.1. The number of rotatable bonds is 34. The SMILES string of the molecule is CCCCCCCCCCCC(CCCCCCCCCCC)(CO[C@H]1OC(CO)[C@H](O[C@@H]2OC(CO)[C@H](O)C(O)[C@H]2O)C(O)[C@H]1O)CO[C@H]1OC(CO)[C@H](O[C@@H]2OC(CO)[C@H](O)C(O)[C@H]2O)C(O)[C@H]1O. The van der Waals surface area contributed by atoms with E-state index in [1.165, 1.54) is 25.7 Å². The number of aliphatic hydroxyl groups excluding tert-OH is 14. The first kappa shape index (κ1) is 62.7. The van der Waals surface area contributed by atoms with Crippen LogP contribution in [-0.4, -0.2) is 234 Å². The van der Waals surface area contributed by atoms with Crippen molar-refractivity contribution in [2.45, 2.75) is 265 Å². The van der Waals surface area contributed by atoms with E-state index in [2.05, 4.69) is 13.8 Å². The third kappa shape index (κ3) is 18.1. The summed E-state index contributed by atoms with van der Waals surface area (Å²) in [5.74, 6) is 0. The fraction of sp³-hybridized carbons (Fsp3) is 1.00. The zero-order chi connectivity index (χ0) is 52.1. The van der Waals surface area contributed by atoms with Crippen molar-refractivity contribution in [2.24, 2.45) is 5.41 Å². The summed E-state index contributed by atoms with van der Waals surface area (Å²) in [6, 6.07) is 0. The van der Waals surface area contributed by atoms with E-state index in [-0.39, 0.29) is 13.2 Å². The minimum atomic E-state index is -1.84. The molecule has 8 unspecified atom stereocenters. The van der Waals surface area contributed by atoms with Crippen LogP contribution in [0.5, 0.6) is 0 Å². The van der Waals surface area contributed by atoms with Gasteiger partial charge in [0.15, 0.2) is 25.2 Å². The van der Waals surface area contributed by atoms with Crippen LogP contribution in [0.2, 0.25) is 0 Å². The molecule has 0 bridgehead atoms. The van der Waals surface area contributed by atoms with Crippen LogP contribution in [0.1, 0.15) is 142 Å². The van der Waals surface area contributed by atoms with Gasteiger partial charge < -0.3 is 109 Å². The highest BCUT2D eigenvalue weighted by Crippen LogP contribution is 2.38. The number of ether oxygens (including phenoxy) is 8. The zero-order valence-corrected chi connectivity index (χ0v) is 42.0. The van der Waals surface area contributed by atoms with Crippen LogP contribution in [0.15, 0.2) is 0 Å². The van der Waals surface area contributed by atoms with Crippen LogP contribution < -0.4 is 0 Å². The lowest BCUT2D eigenvalue weighted by Gasteiger charge is -2.47. The summed E-state index contributed by atoms with van der Waals surface area (Å²) in [4.78, 5) is 0. The van der Waals surface area contributed by atoms with Crippen molar-refractivity contribution in [2.75, 3.05) is 39.6 Å². The Bertz CT molecular complexity index is 1280. The van der Waals surface area contributed by atoms with Crippen molar-refractivity contribution in [1.29, 1.82) is 0 Å². The van der Waals surface area contributed by atoms with Crippen molar-refractivity contribution < 1.29 is 109 Å². The molecule has 0 radical (unpaired) electrons. The Hall–Kier alpha value is -0.880. The molecule has 0 amide bonds. The molecule has 0 aromatic carbocycles. The summed E-state index contributed by atoms with van der Waals surface area (Å²) in [6.07, 6.45) is -12.8. The maximum Gasteiger partial charge on any atom is 0.187 e. The minimum Gasteiger partial charge on any atom is -0.394 e. The van der Waals surface area contributed by atoms with Crippen LogP contribution in [0, 0.1) is 5.41 Å².